The predicted molar refractivity (Wildman–Crippen MR) is 66.7 cm³/mol. The number of benzene rings is 1. The molecule has 18 heavy (non-hydrogen) atoms. The van der Waals surface area contributed by atoms with E-state index in [0.717, 1.165) is 28.4 Å². The van der Waals surface area contributed by atoms with Crippen molar-refractivity contribution < 1.29 is 9.47 Å². The second-order valence-corrected chi connectivity index (χ2v) is 4.16. The molecule has 0 fully saturated rings. The molecule has 0 aliphatic carbocycles. The molecular weight excluding hydrogens is 230 g/mol. The van der Waals surface area contributed by atoms with Crippen molar-refractivity contribution in [3.8, 4) is 11.5 Å². The van der Waals surface area contributed by atoms with Gasteiger partial charge in [-0.1, -0.05) is 6.07 Å². The Balaban J connectivity index is 1.70. The molecule has 1 aliphatic rings. The Hall–Kier alpha value is -2.30. The average molecular weight is 243 g/mol. The van der Waals surface area contributed by atoms with Gasteiger partial charge in [0.25, 0.3) is 0 Å². The lowest BCUT2D eigenvalue weighted by atomic mass is 10.2. The predicted octanol–water partition coefficient (Wildman–Crippen LogP) is 2.13. The largest absolute Gasteiger partial charge is 0.454 e. The van der Waals surface area contributed by atoms with Crippen LogP contribution in [-0.2, 0) is 6.54 Å². The van der Waals surface area contributed by atoms with Crippen LogP contribution in [0.25, 0.3) is 0 Å². The fourth-order valence-corrected chi connectivity index (χ4v) is 1.79. The van der Waals surface area contributed by atoms with E-state index in [2.05, 4.69) is 15.5 Å². The van der Waals surface area contributed by atoms with Gasteiger partial charge in [0.15, 0.2) is 11.5 Å². The van der Waals surface area contributed by atoms with Crippen LogP contribution in [0.3, 0.4) is 0 Å². The van der Waals surface area contributed by atoms with Gasteiger partial charge in [0.05, 0.1) is 6.20 Å². The van der Waals surface area contributed by atoms with Crippen LogP contribution in [0.15, 0.2) is 30.5 Å². The zero-order valence-electron chi connectivity index (χ0n) is 10.0. The fraction of sp³-hybridized carbons (Fsp3) is 0.231. The summed E-state index contributed by atoms with van der Waals surface area (Å²) in [5, 5.41) is 11.1. The molecule has 0 radical (unpaired) electrons. The Bertz CT molecular complexity index is 572. The zero-order chi connectivity index (χ0) is 12.4. The first kappa shape index (κ1) is 10.8. The van der Waals surface area contributed by atoms with Crippen LogP contribution in [-0.4, -0.2) is 17.0 Å². The van der Waals surface area contributed by atoms with Crippen LogP contribution in [0.4, 0.5) is 5.82 Å². The van der Waals surface area contributed by atoms with Crippen LogP contribution in [0, 0.1) is 6.92 Å². The Morgan fingerprint density at radius 1 is 1.22 bits per heavy atom. The van der Waals surface area contributed by atoms with Crippen molar-refractivity contribution in [3.63, 3.8) is 0 Å². The Labute approximate surface area is 105 Å². The molecule has 0 bridgehead atoms. The van der Waals surface area contributed by atoms with Crippen LogP contribution in [0.2, 0.25) is 0 Å². The molecule has 1 aromatic carbocycles. The minimum absolute atomic E-state index is 0.301. The van der Waals surface area contributed by atoms with Gasteiger partial charge in [-0.05, 0) is 36.2 Å². The molecule has 1 aromatic heterocycles. The number of hydrogen-bond donors (Lipinski definition) is 1. The molecule has 5 nitrogen and oxygen atoms in total. The minimum atomic E-state index is 0.301. The van der Waals surface area contributed by atoms with Crippen molar-refractivity contribution >= 4 is 5.82 Å². The highest BCUT2D eigenvalue weighted by Gasteiger charge is 2.12. The van der Waals surface area contributed by atoms with Gasteiger partial charge < -0.3 is 14.8 Å². The smallest absolute Gasteiger partial charge is 0.231 e. The lowest BCUT2D eigenvalue weighted by Gasteiger charge is -2.06. The number of hydrogen-bond acceptors (Lipinski definition) is 5. The van der Waals surface area contributed by atoms with E-state index in [1.165, 1.54) is 0 Å². The molecule has 5 heteroatoms. The molecule has 0 saturated heterocycles. The summed E-state index contributed by atoms with van der Waals surface area (Å²) in [6.07, 6.45) is 1.73. The van der Waals surface area contributed by atoms with E-state index in [4.69, 9.17) is 9.47 Å². The number of nitrogens with one attached hydrogen (secondary N) is 1. The summed E-state index contributed by atoms with van der Waals surface area (Å²) in [6.45, 7) is 2.96. The van der Waals surface area contributed by atoms with Crippen LogP contribution in [0.5, 0.6) is 11.5 Å². The highest BCUT2D eigenvalue weighted by atomic mass is 16.7. The number of nitrogens with zero attached hydrogens (tertiary/aromatic N) is 2. The summed E-state index contributed by atoms with van der Waals surface area (Å²) >= 11 is 0. The Kier molecular flexibility index (Phi) is 2.72. The maximum Gasteiger partial charge on any atom is 0.231 e. The number of ether oxygens (including phenoxy) is 2. The summed E-state index contributed by atoms with van der Waals surface area (Å²) in [7, 11) is 0. The quantitative estimate of drug-likeness (QED) is 0.894. The van der Waals surface area contributed by atoms with E-state index in [1.54, 1.807) is 6.20 Å². The lowest BCUT2D eigenvalue weighted by molar-refractivity contribution is 0.174. The third-order valence-corrected chi connectivity index (χ3v) is 2.70. The van der Waals surface area contributed by atoms with E-state index in [9.17, 15) is 0 Å². The first-order valence-corrected chi connectivity index (χ1v) is 5.73. The standard InChI is InChI=1S/C13H13N3O2/c1-9-4-13(16-15-6-9)14-7-10-2-3-11-12(5-10)18-8-17-11/h2-6H,7-8H2,1H3,(H,14,16). The van der Waals surface area contributed by atoms with E-state index >= 15 is 0 Å². The van der Waals surface area contributed by atoms with Gasteiger partial charge in [0.1, 0.15) is 5.82 Å². The number of rotatable bonds is 3. The molecule has 0 unspecified atom stereocenters. The molecular formula is C13H13N3O2. The molecule has 2 aromatic rings. The minimum Gasteiger partial charge on any atom is -0.454 e. The van der Waals surface area contributed by atoms with Crippen LogP contribution in [0.1, 0.15) is 11.1 Å². The van der Waals surface area contributed by atoms with E-state index in [0.29, 0.717) is 13.3 Å². The number of anilines is 1. The molecule has 2 heterocycles. The Morgan fingerprint density at radius 3 is 3.00 bits per heavy atom. The molecule has 92 valence electrons. The third-order valence-electron chi connectivity index (χ3n) is 2.70. The summed E-state index contributed by atoms with van der Waals surface area (Å²) in [4.78, 5) is 0. The molecule has 1 aliphatic heterocycles. The Morgan fingerprint density at radius 2 is 2.11 bits per heavy atom. The van der Waals surface area contributed by atoms with Gasteiger partial charge in [-0.25, -0.2) is 0 Å². The second kappa shape index (κ2) is 4.52. The lowest BCUT2D eigenvalue weighted by Crippen LogP contribution is -2.02. The summed E-state index contributed by atoms with van der Waals surface area (Å²) in [5.74, 6) is 2.37. The zero-order valence-corrected chi connectivity index (χ0v) is 10.0. The van der Waals surface area contributed by atoms with Crippen molar-refractivity contribution in [2.75, 3.05) is 12.1 Å². The normalized spacial score (nSPS) is 12.5. The summed E-state index contributed by atoms with van der Waals surface area (Å²) in [6, 6.07) is 7.85. The maximum absolute atomic E-state index is 5.33. The molecule has 0 amide bonds. The summed E-state index contributed by atoms with van der Waals surface area (Å²) < 4.78 is 10.6. The average Bonchev–Trinajstić information content (AvgIpc) is 2.84. The first-order chi connectivity index (χ1) is 8.81. The van der Waals surface area contributed by atoms with Gasteiger partial charge >= 0.3 is 0 Å². The third kappa shape index (κ3) is 2.20. The van der Waals surface area contributed by atoms with Crippen molar-refractivity contribution in [2.45, 2.75) is 13.5 Å². The van der Waals surface area contributed by atoms with E-state index in [1.807, 2.05) is 31.2 Å². The second-order valence-electron chi connectivity index (χ2n) is 4.16. The molecule has 3 rings (SSSR count). The molecule has 0 saturated carbocycles. The van der Waals surface area contributed by atoms with E-state index in [-0.39, 0.29) is 0 Å². The van der Waals surface area contributed by atoms with Gasteiger partial charge in [0, 0.05) is 6.54 Å². The van der Waals surface area contributed by atoms with Gasteiger partial charge in [-0.15, -0.1) is 5.10 Å². The number of fused-ring (bicyclic) bond motifs is 1. The highest BCUT2D eigenvalue weighted by molar-refractivity contribution is 5.45. The van der Waals surface area contributed by atoms with Crippen molar-refractivity contribution in [2.24, 2.45) is 0 Å². The highest BCUT2D eigenvalue weighted by Crippen LogP contribution is 2.32. The fourth-order valence-electron chi connectivity index (χ4n) is 1.79. The van der Waals surface area contributed by atoms with E-state index < -0.39 is 0 Å². The van der Waals surface area contributed by atoms with Crippen molar-refractivity contribution in [3.05, 3.63) is 41.6 Å². The summed E-state index contributed by atoms with van der Waals surface area (Å²) in [5.41, 5.74) is 2.20. The van der Waals surface area contributed by atoms with Gasteiger partial charge in [-0.2, -0.15) is 5.10 Å². The van der Waals surface area contributed by atoms with Gasteiger partial charge in [-0.3, -0.25) is 0 Å². The molecule has 0 spiro atoms. The number of aromatic nitrogens is 2. The maximum atomic E-state index is 5.33. The SMILES string of the molecule is Cc1cnnc(NCc2ccc3c(c2)OCO3)c1. The number of aryl methyl sites for hydroxylation is 1. The van der Waals surface area contributed by atoms with Gasteiger partial charge in [0.2, 0.25) is 6.79 Å². The van der Waals surface area contributed by atoms with Crippen LogP contribution >= 0.6 is 0 Å². The monoisotopic (exact) mass is 243 g/mol. The first-order valence-electron chi connectivity index (χ1n) is 5.73. The topological polar surface area (TPSA) is 56.3 Å². The molecule has 1 N–H and O–H groups in total. The molecule has 0 atom stereocenters. The van der Waals surface area contributed by atoms with Crippen molar-refractivity contribution in [1.82, 2.24) is 10.2 Å². The van der Waals surface area contributed by atoms with Crippen LogP contribution < -0.4 is 14.8 Å². The van der Waals surface area contributed by atoms with Crippen molar-refractivity contribution in [1.29, 1.82) is 0 Å².